The number of likely N-dealkylation sites (N-methyl/N-ethyl adjacent to an activating group) is 1. The maximum Gasteiger partial charge on any atom is 0.279 e. The van der Waals surface area contributed by atoms with Crippen molar-refractivity contribution in [1.29, 1.82) is 0 Å². The summed E-state index contributed by atoms with van der Waals surface area (Å²) in [5, 5.41) is 3.07. The predicted molar refractivity (Wildman–Crippen MR) is 60.8 cm³/mol. The van der Waals surface area contributed by atoms with Crippen molar-refractivity contribution in [2.24, 2.45) is 5.92 Å². The van der Waals surface area contributed by atoms with E-state index in [1.807, 2.05) is 6.92 Å². The van der Waals surface area contributed by atoms with Crippen molar-refractivity contribution in [3.63, 3.8) is 0 Å². The van der Waals surface area contributed by atoms with Crippen LogP contribution in [0.1, 0.15) is 20.3 Å². The van der Waals surface area contributed by atoms with Gasteiger partial charge in [-0.1, -0.05) is 13.8 Å². The monoisotopic (exact) mass is 235 g/mol. The molecule has 2 N–H and O–H groups in total. The molecule has 0 aliphatic carbocycles. The van der Waals surface area contributed by atoms with Gasteiger partial charge < -0.3 is 5.32 Å². The molecule has 1 fully saturated rings. The van der Waals surface area contributed by atoms with E-state index in [4.69, 9.17) is 0 Å². The molecule has 1 aliphatic rings. The number of hydrogen-bond donors (Lipinski definition) is 2. The van der Waals surface area contributed by atoms with Crippen molar-refractivity contribution < 1.29 is 8.42 Å². The first kappa shape index (κ1) is 12.9. The average Bonchev–Trinajstić information content (AvgIpc) is 2.60. The molecule has 90 valence electrons. The Labute approximate surface area is 92.4 Å². The minimum absolute atomic E-state index is 0.459. The van der Waals surface area contributed by atoms with Crippen molar-refractivity contribution in [1.82, 2.24) is 14.3 Å². The molecular weight excluding hydrogens is 214 g/mol. The summed E-state index contributed by atoms with van der Waals surface area (Å²) in [5.74, 6) is 0.482. The molecule has 1 atom stereocenters. The van der Waals surface area contributed by atoms with Crippen LogP contribution in [0.15, 0.2) is 0 Å². The SMILES string of the molecule is CCNCCNS(=O)(=O)N1CCC(C)C1. The summed E-state index contributed by atoms with van der Waals surface area (Å²) in [6, 6.07) is 0. The van der Waals surface area contributed by atoms with Crippen LogP contribution in [0.5, 0.6) is 0 Å². The van der Waals surface area contributed by atoms with Crippen LogP contribution in [0.4, 0.5) is 0 Å². The van der Waals surface area contributed by atoms with Crippen LogP contribution >= 0.6 is 0 Å². The Kier molecular flexibility index (Phi) is 4.98. The van der Waals surface area contributed by atoms with Crippen LogP contribution in [0.3, 0.4) is 0 Å². The van der Waals surface area contributed by atoms with Crippen molar-refractivity contribution in [2.45, 2.75) is 20.3 Å². The molecular formula is C9H21N3O2S. The second-order valence-electron chi connectivity index (χ2n) is 4.00. The summed E-state index contributed by atoms with van der Waals surface area (Å²) in [6.45, 7) is 7.38. The summed E-state index contributed by atoms with van der Waals surface area (Å²) in [7, 11) is -3.23. The smallest absolute Gasteiger partial charge is 0.279 e. The second kappa shape index (κ2) is 5.79. The fraction of sp³-hybridized carbons (Fsp3) is 1.00. The summed E-state index contributed by atoms with van der Waals surface area (Å²) < 4.78 is 27.6. The maximum absolute atomic E-state index is 11.7. The Morgan fingerprint density at radius 1 is 1.40 bits per heavy atom. The van der Waals surface area contributed by atoms with E-state index in [9.17, 15) is 8.42 Å². The van der Waals surface area contributed by atoms with Gasteiger partial charge in [0.15, 0.2) is 0 Å². The molecule has 5 nitrogen and oxygen atoms in total. The predicted octanol–water partition coefficient (Wildman–Crippen LogP) is -0.228. The highest BCUT2D eigenvalue weighted by molar-refractivity contribution is 7.87. The molecule has 0 aromatic carbocycles. The largest absolute Gasteiger partial charge is 0.316 e. The molecule has 1 saturated heterocycles. The molecule has 6 heteroatoms. The summed E-state index contributed by atoms with van der Waals surface area (Å²) in [6.07, 6.45) is 0.966. The molecule has 1 unspecified atom stereocenters. The minimum atomic E-state index is -3.23. The number of rotatable bonds is 6. The van der Waals surface area contributed by atoms with Gasteiger partial charge in [0.2, 0.25) is 0 Å². The standard InChI is InChI=1S/C9H21N3O2S/c1-3-10-5-6-11-15(13,14)12-7-4-9(2)8-12/h9-11H,3-8H2,1-2H3. The molecule has 0 radical (unpaired) electrons. The first-order valence-electron chi connectivity index (χ1n) is 5.51. The highest BCUT2D eigenvalue weighted by Crippen LogP contribution is 2.17. The van der Waals surface area contributed by atoms with Crippen LogP contribution in [0.2, 0.25) is 0 Å². The molecule has 0 aromatic rings. The Morgan fingerprint density at radius 3 is 2.67 bits per heavy atom. The Hall–Kier alpha value is -0.170. The second-order valence-corrected chi connectivity index (χ2v) is 5.76. The van der Waals surface area contributed by atoms with Gasteiger partial charge in [-0.05, 0) is 18.9 Å². The van der Waals surface area contributed by atoms with E-state index in [0.717, 1.165) is 13.0 Å². The van der Waals surface area contributed by atoms with Gasteiger partial charge in [-0.25, -0.2) is 4.72 Å². The zero-order valence-electron chi connectivity index (χ0n) is 9.49. The lowest BCUT2D eigenvalue weighted by Crippen LogP contribution is -2.41. The van der Waals surface area contributed by atoms with Crippen molar-refractivity contribution >= 4 is 10.2 Å². The summed E-state index contributed by atoms with van der Waals surface area (Å²) in [5.41, 5.74) is 0. The molecule has 15 heavy (non-hydrogen) atoms. The topological polar surface area (TPSA) is 61.4 Å². The van der Waals surface area contributed by atoms with Crippen LogP contribution in [0, 0.1) is 5.92 Å². The maximum atomic E-state index is 11.7. The molecule has 1 heterocycles. The van der Waals surface area contributed by atoms with E-state index < -0.39 is 10.2 Å². The quantitative estimate of drug-likeness (QED) is 0.625. The number of nitrogens with one attached hydrogen (secondary N) is 2. The summed E-state index contributed by atoms with van der Waals surface area (Å²) in [4.78, 5) is 0. The fourth-order valence-corrected chi connectivity index (χ4v) is 2.99. The van der Waals surface area contributed by atoms with Gasteiger partial charge in [-0.15, -0.1) is 0 Å². The van der Waals surface area contributed by atoms with Gasteiger partial charge >= 0.3 is 0 Å². The highest BCUT2D eigenvalue weighted by atomic mass is 32.2. The van der Waals surface area contributed by atoms with Crippen molar-refractivity contribution in [3.8, 4) is 0 Å². The van der Waals surface area contributed by atoms with E-state index in [-0.39, 0.29) is 0 Å². The Balaban J connectivity index is 2.32. The van der Waals surface area contributed by atoms with Crippen LogP contribution in [-0.4, -0.2) is 45.4 Å². The van der Waals surface area contributed by atoms with Gasteiger partial charge in [0.05, 0.1) is 0 Å². The molecule has 1 aliphatic heterocycles. The fourth-order valence-electron chi connectivity index (χ4n) is 1.65. The zero-order valence-corrected chi connectivity index (χ0v) is 10.3. The van der Waals surface area contributed by atoms with Crippen LogP contribution in [-0.2, 0) is 10.2 Å². The third-order valence-corrected chi connectivity index (χ3v) is 4.14. The van der Waals surface area contributed by atoms with E-state index in [1.54, 1.807) is 0 Å². The van der Waals surface area contributed by atoms with Crippen LogP contribution < -0.4 is 10.0 Å². The van der Waals surface area contributed by atoms with Gasteiger partial charge in [0.25, 0.3) is 10.2 Å². The number of nitrogens with zero attached hydrogens (tertiary/aromatic N) is 1. The molecule has 1 rings (SSSR count). The highest BCUT2D eigenvalue weighted by Gasteiger charge is 2.28. The van der Waals surface area contributed by atoms with Gasteiger partial charge in [-0.3, -0.25) is 0 Å². The lowest BCUT2D eigenvalue weighted by Gasteiger charge is -2.16. The molecule has 0 bridgehead atoms. The van der Waals surface area contributed by atoms with E-state index >= 15 is 0 Å². The zero-order chi connectivity index (χ0) is 11.3. The first-order valence-corrected chi connectivity index (χ1v) is 6.95. The van der Waals surface area contributed by atoms with Gasteiger partial charge in [-0.2, -0.15) is 12.7 Å². The molecule has 0 spiro atoms. The average molecular weight is 235 g/mol. The van der Waals surface area contributed by atoms with Crippen molar-refractivity contribution in [2.75, 3.05) is 32.7 Å². The van der Waals surface area contributed by atoms with E-state index in [0.29, 0.717) is 32.1 Å². The summed E-state index contributed by atoms with van der Waals surface area (Å²) >= 11 is 0. The van der Waals surface area contributed by atoms with Gasteiger partial charge in [0, 0.05) is 26.2 Å². The molecule has 0 saturated carbocycles. The third kappa shape index (κ3) is 4.06. The van der Waals surface area contributed by atoms with Crippen LogP contribution in [0.25, 0.3) is 0 Å². The lowest BCUT2D eigenvalue weighted by molar-refractivity contribution is 0.452. The third-order valence-electron chi connectivity index (χ3n) is 2.56. The van der Waals surface area contributed by atoms with Crippen molar-refractivity contribution in [3.05, 3.63) is 0 Å². The van der Waals surface area contributed by atoms with E-state index in [1.165, 1.54) is 4.31 Å². The normalized spacial score (nSPS) is 23.5. The Bertz CT molecular complexity index is 279. The Morgan fingerprint density at radius 2 is 2.13 bits per heavy atom. The first-order chi connectivity index (χ1) is 7.06. The molecule has 0 amide bonds. The van der Waals surface area contributed by atoms with E-state index in [2.05, 4.69) is 17.0 Å². The molecule has 0 aromatic heterocycles. The van der Waals surface area contributed by atoms with Gasteiger partial charge in [0.1, 0.15) is 0 Å². The lowest BCUT2D eigenvalue weighted by atomic mass is 10.2. The number of hydrogen-bond acceptors (Lipinski definition) is 3. The minimum Gasteiger partial charge on any atom is -0.316 e.